The van der Waals surface area contributed by atoms with E-state index in [9.17, 15) is 4.79 Å². The molecule has 0 saturated carbocycles. The highest BCUT2D eigenvalue weighted by Crippen LogP contribution is 2.15. The number of carbonyl (C=O) groups is 1. The fraction of sp³-hybridized carbons (Fsp3) is 0.0769. The van der Waals surface area contributed by atoms with E-state index in [1.165, 1.54) is 12.2 Å². The minimum Gasteiger partial charge on any atom is -0.437 e. The number of nitrogens with one attached hydrogen (secondary N) is 1. The Bertz CT molecular complexity index is 583. The third-order valence-electron chi connectivity index (χ3n) is 2.14. The second kappa shape index (κ2) is 5.64. The molecule has 0 aliphatic rings. The molecular weight excluding hydrogens is 296 g/mol. The van der Waals surface area contributed by atoms with Gasteiger partial charge >= 0.3 is 0 Å². The summed E-state index contributed by atoms with van der Waals surface area (Å²) in [6.45, 7) is 4.01. The first kappa shape index (κ1) is 12.6. The highest BCUT2D eigenvalue weighted by molar-refractivity contribution is 9.11. The van der Waals surface area contributed by atoms with Gasteiger partial charge in [0.05, 0.1) is 0 Å². The molecule has 2 rings (SSSR count). The Hall–Kier alpha value is -1.88. The fourth-order valence-corrected chi connectivity index (χ4v) is 1.49. The van der Waals surface area contributed by atoms with E-state index in [0.717, 1.165) is 5.52 Å². The topological polar surface area (TPSA) is 55.1 Å². The number of oxazole rings is 1. The van der Waals surface area contributed by atoms with Gasteiger partial charge in [0.2, 0.25) is 11.8 Å². The molecule has 0 unspecified atom stereocenters. The summed E-state index contributed by atoms with van der Waals surface area (Å²) >= 11 is 3.16. The monoisotopic (exact) mass is 306 g/mol. The average molecular weight is 307 g/mol. The van der Waals surface area contributed by atoms with Gasteiger partial charge in [0, 0.05) is 23.2 Å². The highest BCUT2D eigenvalue weighted by Gasteiger charge is 2.02. The summed E-state index contributed by atoms with van der Waals surface area (Å²) in [4.78, 5) is 15.6. The van der Waals surface area contributed by atoms with Crippen molar-refractivity contribution < 1.29 is 9.21 Å². The summed E-state index contributed by atoms with van der Waals surface area (Å²) in [7, 11) is 0. The van der Waals surface area contributed by atoms with Crippen LogP contribution in [0.4, 0.5) is 0 Å². The molecule has 0 bridgehead atoms. The maximum absolute atomic E-state index is 11.4. The first-order chi connectivity index (χ1) is 8.65. The summed E-state index contributed by atoms with van der Waals surface area (Å²) in [5.74, 6) is 0.182. The normalized spacial score (nSPS) is 10.9. The van der Waals surface area contributed by atoms with Crippen molar-refractivity contribution >= 4 is 39.0 Å². The maximum atomic E-state index is 11.4. The third kappa shape index (κ3) is 3.30. The van der Waals surface area contributed by atoms with E-state index in [4.69, 9.17) is 4.42 Å². The molecule has 1 aromatic heterocycles. The Morgan fingerprint density at radius 3 is 3.00 bits per heavy atom. The number of fused-ring (bicyclic) bond motifs is 1. The zero-order chi connectivity index (χ0) is 13.0. The van der Waals surface area contributed by atoms with Gasteiger partial charge in [-0.1, -0.05) is 34.6 Å². The Morgan fingerprint density at radius 1 is 1.50 bits per heavy atom. The van der Waals surface area contributed by atoms with Crippen LogP contribution in [0.3, 0.4) is 0 Å². The second-order valence-electron chi connectivity index (χ2n) is 3.59. The van der Waals surface area contributed by atoms with Gasteiger partial charge in [-0.05, 0) is 12.1 Å². The van der Waals surface area contributed by atoms with Crippen molar-refractivity contribution in [1.82, 2.24) is 10.3 Å². The molecule has 5 heteroatoms. The first-order valence-corrected chi connectivity index (χ1v) is 6.09. The fourth-order valence-electron chi connectivity index (χ4n) is 1.35. The quantitative estimate of drug-likeness (QED) is 0.884. The van der Waals surface area contributed by atoms with Crippen LogP contribution in [0.25, 0.3) is 17.2 Å². The number of hydrogen-bond donors (Lipinski definition) is 1. The number of benzene rings is 1. The zero-order valence-corrected chi connectivity index (χ0v) is 11.1. The molecule has 0 saturated heterocycles. The van der Waals surface area contributed by atoms with Gasteiger partial charge < -0.3 is 9.73 Å². The van der Waals surface area contributed by atoms with E-state index in [1.54, 1.807) is 0 Å². The van der Waals surface area contributed by atoms with Gasteiger partial charge in [-0.15, -0.1) is 0 Å². The van der Waals surface area contributed by atoms with Crippen molar-refractivity contribution in [2.45, 2.75) is 0 Å². The molecule has 0 fully saturated rings. The number of hydrogen-bond acceptors (Lipinski definition) is 3. The van der Waals surface area contributed by atoms with E-state index in [2.05, 4.69) is 32.8 Å². The van der Waals surface area contributed by atoms with Gasteiger partial charge in [0.15, 0.2) is 5.58 Å². The van der Waals surface area contributed by atoms with Crippen LogP contribution < -0.4 is 5.32 Å². The van der Waals surface area contributed by atoms with Gasteiger partial charge in [0.1, 0.15) is 5.52 Å². The van der Waals surface area contributed by atoms with E-state index >= 15 is 0 Å². The molecule has 0 spiro atoms. The molecule has 1 N–H and O–H groups in total. The largest absolute Gasteiger partial charge is 0.437 e. The minimum atomic E-state index is -0.224. The van der Waals surface area contributed by atoms with Crippen LogP contribution >= 0.6 is 15.9 Å². The minimum absolute atomic E-state index is 0.224. The Kier molecular flexibility index (Phi) is 3.94. The smallest absolute Gasteiger partial charge is 0.244 e. The van der Waals surface area contributed by atoms with Gasteiger partial charge in [-0.25, -0.2) is 4.98 Å². The predicted molar refractivity (Wildman–Crippen MR) is 74.1 cm³/mol. The molecule has 18 heavy (non-hydrogen) atoms. The SMILES string of the molecule is C=C(Br)CNC(=O)/C=C/c1nc2ccccc2o1. The van der Waals surface area contributed by atoms with Crippen LogP contribution in [0.1, 0.15) is 5.89 Å². The predicted octanol–water partition coefficient (Wildman–Crippen LogP) is 2.87. The Morgan fingerprint density at radius 2 is 2.28 bits per heavy atom. The van der Waals surface area contributed by atoms with Gasteiger partial charge in [-0.2, -0.15) is 0 Å². The third-order valence-corrected chi connectivity index (χ3v) is 2.42. The molecule has 1 heterocycles. The van der Waals surface area contributed by atoms with E-state index in [-0.39, 0.29) is 5.91 Å². The van der Waals surface area contributed by atoms with Crippen molar-refractivity contribution in [2.75, 3.05) is 6.54 Å². The van der Waals surface area contributed by atoms with Crippen molar-refractivity contribution in [1.29, 1.82) is 0 Å². The molecule has 0 atom stereocenters. The number of nitrogens with zero attached hydrogens (tertiary/aromatic N) is 1. The van der Waals surface area contributed by atoms with Crippen molar-refractivity contribution in [3.05, 3.63) is 47.3 Å². The lowest BCUT2D eigenvalue weighted by Gasteiger charge is -1.97. The van der Waals surface area contributed by atoms with Crippen LogP contribution in [0.2, 0.25) is 0 Å². The molecule has 2 aromatic rings. The van der Waals surface area contributed by atoms with Crippen molar-refractivity contribution in [2.24, 2.45) is 0 Å². The molecular formula is C13H11BrN2O2. The van der Waals surface area contributed by atoms with Crippen LogP contribution in [-0.4, -0.2) is 17.4 Å². The zero-order valence-electron chi connectivity index (χ0n) is 9.52. The van der Waals surface area contributed by atoms with Crippen molar-refractivity contribution in [3.63, 3.8) is 0 Å². The van der Waals surface area contributed by atoms with Crippen molar-refractivity contribution in [3.8, 4) is 0 Å². The number of amides is 1. The van der Waals surface area contributed by atoms with Gasteiger partial charge in [0.25, 0.3) is 0 Å². The average Bonchev–Trinajstić information content (AvgIpc) is 2.76. The summed E-state index contributed by atoms with van der Waals surface area (Å²) in [5.41, 5.74) is 1.47. The second-order valence-corrected chi connectivity index (χ2v) is 4.71. The lowest BCUT2D eigenvalue weighted by molar-refractivity contribution is -0.116. The lowest BCUT2D eigenvalue weighted by Crippen LogP contribution is -2.21. The number of aromatic nitrogens is 1. The number of halogens is 1. The Labute approximate surface area is 113 Å². The standard InChI is InChI=1S/C13H11BrN2O2/c1-9(14)8-15-12(17)6-7-13-16-10-4-2-3-5-11(10)18-13/h2-7H,1,8H2,(H,15,17)/b7-6+. The molecule has 1 amide bonds. The molecule has 4 nitrogen and oxygen atoms in total. The number of para-hydroxylation sites is 2. The van der Waals surface area contributed by atoms with E-state index in [1.807, 2.05) is 24.3 Å². The van der Waals surface area contributed by atoms with E-state index in [0.29, 0.717) is 22.5 Å². The van der Waals surface area contributed by atoms with Crippen LogP contribution in [0.15, 0.2) is 45.8 Å². The summed E-state index contributed by atoms with van der Waals surface area (Å²) in [6.07, 6.45) is 2.91. The highest BCUT2D eigenvalue weighted by atomic mass is 79.9. The van der Waals surface area contributed by atoms with E-state index < -0.39 is 0 Å². The Balaban J connectivity index is 2.04. The molecule has 0 aliphatic carbocycles. The molecule has 92 valence electrons. The van der Waals surface area contributed by atoms with Crippen LogP contribution in [-0.2, 0) is 4.79 Å². The number of rotatable bonds is 4. The number of carbonyl (C=O) groups excluding carboxylic acids is 1. The molecule has 0 aliphatic heterocycles. The summed E-state index contributed by atoms with van der Waals surface area (Å²) in [6, 6.07) is 7.43. The lowest BCUT2D eigenvalue weighted by atomic mass is 10.3. The maximum Gasteiger partial charge on any atom is 0.244 e. The molecule has 0 radical (unpaired) electrons. The molecule has 1 aromatic carbocycles. The van der Waals surface area contributed by atoms with Crippen LogP contribution in [0, 0.1) is 0 Å². The summed E-state index contributed by atoms with van der Waals surface area (Å²) in [5, 5.41) is 2.64. The summed E-state index contributed by atoms with van der Waals surface area (Å²) < 4.78 is 6.15. The van der Waals surface area contributed by atoms with Gasteiger partial charge in [-0.3, -0.25) is 4.79 Å². The van der Waals surface area contributed by atoms with Crippen LogP contribution in [0.5, 0.6) is 0 Å². The first-order valence-electron chi connectivity index (χ1n) is 5.30.